The van der Waals surface area contributed by atoms with Crippen molar-refractivity contribution >= 4 is 56.7 Å². The Bertz CT molecular complexity index is 1930. The van der Waals surface area contributed by atoms with E-state index in [1.165, 1.54) is 36.0 Å². The van der Waals surface area contributed by atoms with E-state index in [-0.39, 0.29) is 12.4 Å². The Balaban J connectivity index is 1.26. The van der Waals surface area contributed by atoms with Crippen LogP contribution < -0.4 is 5.32 Å². The number of nitrogens with zero attached hydrogens (tertiary/aromatic N) is 5. The van der Waals surface area contributed by atoms with Crippen LogP contribution in [-0.4, -0.2) is 37.3 Å². The van der Waals surface area contributed by atoms with Crippen LogP contribution in [0.1, 0.15) is 17.4 Å². The highest BCUT2D eigenvalue weighted by molar-refractivity contribution is 7.15. The Kier molecular flexibility index (Phi) is 7.17. The fourth-order valence-electron chi connectivity index (χ4n) is 4.40. The van der Waals surface area contributed by atoms with Crippen molar-refractivity contribution in [2.75, 3.05) is 11.9 Å². The second-order valence-electron chi connectivity index (χ2n) is 9.07. The number of carbonyl (C=O) groups is 1. The van der Waals surface area contributed by atoms with Gasteiger partial charge in [-0.2, -0.15) is 9.49 Å². The van der Waals surface area contributed by atoms with E-state index in [4.69, 9.17) is 4.74 Å². The van der Waals surface area contributed by atoms with E-state index in [2.05, 4.69) is 25.4 Å². The summed E-state index contributed by atoms with van der Waals surface area (Å²) in [6, 6.07) is 18.0. The Hall–Kier alpha value is -5.03. The summed E-state index contributed by atoms with van der Waals surface area (Å²) >= 11 is 1.25. The van der Waals surface area contributed by atoms with Gasteiger partial charge in [0.15, 0.2) is 0 Å². The Labute approximate surface area is 237 Å². The molecule has 0 saturated carbocycles. The summed E-state index contributed by atoms with van der Waals surface area (Å²) in [4.78, 5) is 25.3. The van der Waals surface area contributed by atoms with Gasteiger partial charge >= 0.3 is 5.97 Å². The largest absolute Gasteiger partial charge is 0.461 e. The second kappa shape index (κ2) is 11.2. The molecule has 0 atom stereocenters. The number of carbonyl (C=O) groups excluding carboxylic acids is 1. The summed E-state index contributed by atoms with van der Waals surface area (Å²) in [7, 11) is 0. The van der Waals surface area contributed by atoms with Gasteiger partial charge in [0.05, 0.1) is 35.3 Å². The van der Waals surface area contributed by atoms with Crippen LogP contribution in [0.25, 0.3) is 38.5 Å². The number of nitrogens with one attached hydrogen (secondary N) is 1. The molecule has 0 fully saturated rings. The van der Waals surface area contributed by atoms with Gasteiger partial charge in [-0.1, -0.05) is 12.1 Å². The molecule has 8 nitrogen and oxygen atoms in total. The first-order valence-corrected chi connectivity index (χ1v) is 13.5. The zero-order valence-corrected chi connectivity index (χ0v) is 22.5. The lowest BCUT2D eigenvalue weighted by Gasteiger charge is -2.10. The number of benzene rings is 3. The molecule has 6 rings (SSSR count). The molecule has 3 aromatic carbocycles. The molecule has 0 amide bonds. The molecule has 11 heteroatoms. The highest BCUT2D eigenvalue weighted by atomic mass is 32.1. The van der Waals surface area contributed by atoms with Crippen molar-refractivity contribution in [3.63, 3.8) is 0 Å². The smallest absolute Gasteiger partial charge is 0.367 e. The van der Waals surface area contributed by atoms with E-state index < -0.39 is 11.8 Å². The third-order valence-corrected chi connectivity index (χ3v) is 7.26. The van der Waals surface area contributed by atoms with Crippen LogP contribution in [0.15, 0.2) is 85.2 Å². The van der Waals surface area contributed by atoms with E-state index in [1.54, 1.807) is 19.2 Å². The minimum atomic E-state index is -1.00. The predicted octanol–water partition coefficient (Wildman–Crippen LogP) is 6.91. The number of hydrogen-bond donors (Lipinski definition) is 1. The lowest BCUT2D eigenvalue weighted by Crippen LogP contribution is -2.03. The van der Waals surface area contributed by atoms with Crippen molar-refractivity contribution in [2.24, 2.45) is 0 Å². The number of aromatic nitrogens is 5. The molecule has 0 unspecified atom stereocenters. The van der Waals surface area contributed by atoms with Crippen LogP contribution >= 0.6 is 11.3 Å². The summed E-state index contributed by atoms with van der Waals surface area (Å²) < 4.78 is 34.2. The monoisotopic (exact) mass is 568 g/mol. The summed E-state index contributed by atoms with van der Waals surface area (Å²) in [5.41, 5.74) is 4.09. The fourth-order valence-corrected chi connectivity index (χ4v) is 5.24. The molecule has 3 aromatic heterocycles. The quantitative estimate of drug-likeness (QED) is 0.158. The van der Waals surface area contributed by atoms with Crippen LogP contribution in [0.3, 0.4) is 0 Å². The zero-order chi connectivity index (χ0) is 28.3. The van der Waals surface area contributed by atoms with Gasteiger partial charge in [0, 0.05) is 34.3 Å². The topological polar surface area (TPSA) is 94.8 Å². The molecule has 6 aromatic rings. The van der Waals surface area contributed by atoms with Gasteiger partial charge in [0.1, 0.15) is 23.0 Å². The third-order valence-electron chi connectivity index (χ3n) is 6.27. The normalized spacial score (nSPS) is 11.7. The Morgan fingerprint density at radius 1 is 1.07 bits per heavy atom. The minimum Gasteiger partial charge on any atom is -0.461 e. The van der Waals surface area contributed by atoms with Gasteiger partial charge in [-0.15, -0.1) is 11.3 Å². The van der Waals surface area contributed by atoms with E-state index in [9.17, 15) is 13.6 Å². The molecule has 0 spiro atoms. The van der Waals surface area contributed by atoms with Crippen LogP contribution in [0, 0.1) is 5.82 Å². The SMILES string of the molecule is CCOC(=O)/C(F)=C/c1cnc(-c2ccc3ncnc(Nc4ccc5c(cnn5Cc5cccc(F)c5)c4)c3c2)s1. The number of esters is 1. The first-order chi connectivity index (χ1) is 20.0. The summed E-state index contributed by atoms with van der Waals surface area (Å²) in [5.74, 6) is -1.65. The third kappa shape index (κ3) is 5.66. The number of anilines is 2. The molecule has 0 saturated heterocycles. The maximum atomic E-state index is 14.1. The molecule has 1 N–H and O–H groups in total. The lowest BCUT2D eigenvalue weighted by atomic mass is 10.1. The van der Waals surface area contributed by atoms with Gasteiger partial charge in [-0.25, -0.2) is 24.1 Å². The first kappa shape index (κ1) is 26.2. The molecule has 204 valence electrons. The number of fused-ring (bicyclic) bond motifs is 2. The van der Waals surface area contributed by atoms with Gasteiger partial charge in [0.25, 0.3) is 0 Å². The summed E-state index contributed by atoms with van der Waals surface area (Å²) in [6.45, 7) is 2.17. The molecular formula is C30H22F2N6O2S. The second-order valence-corrected chi connectivity index (χ2v) is 10.1. The lowest BCUT2D eigenvalue weighted by molar-refractivity contribution is -0.140. The van der Waals surface area contributed by atoms with E-state index >= 15 is 0 Å². The van der Waals surface area contributed by atoms with Gasteiger partial charge in [-0.05, 0) is 61.0 Å². The zero-order valence-electron chi connectivity index (χ0n) is 21.7. The molecule has 0 radical (unpaired) electrons. The highest BCUT2D eigenvalue weighted by Crippen LogP contribution is 2.32. The van der Waals surface area contributed by atoms with Crippen LogP contribution in [0.4, 0.5) is 20.3 Å². The van der Waals surface area contributed by atoms with Gasteiger partial charge in [0.2, 0.25) is 5.83 Å². The maximum Gasteiger partial charge on any atom is 0.367 e. The van der Waals surface area contributed by atoms with Crippen molar-refractivity contribution in [3.05, 3.63) is 101 Å². The average Bonchev–Trinajstić information content (AvgIpc) is 3.60. The van der Waals surface area contributed by atoms with Gasteiger partial charge in [-0.3, -0.25) is 4.68 Å². The van der Waals surface area contributed by atoms with Crippen molar-refractivity contribution in [1.29, 1.82) is 0 Å². The first-order valence-electron chi connectivity index (χ1n) is 12.7. The van der Waals surface area contributed by atoms with Crippen molar-refractivity contribution in [2.45, 2.75) is 13.5 Å². The number of rotatable bonds is 8. The molecule has 0 aliphatic carbocycles. The minimum absolute atomic E-state index is 0.0949. The molecule has 3 heterocycles. The maximum absolute atomic E-state index is 14.1. The van der Waals surface area contributed by atoms with Gasteiger partial charge < -0.3 is 10.1 Å². The predicted molar refractivity (Wildman–Crippen MR) is 155 cm³/mol. The Morgan fingerprint density at radius 2 is 1.98 bits per heavy atom. The van der Waals surface area contributed by atoms with E-state index in [0.29, 0.717) is 22.2 Å². The highest BCUT2D eigenvalue weighted by Gasteiger charge is 2.13. The number of halogens is 2. The number of thiazole rings is 1. The summed E-state index contributed by atoms with van der Waals surface area (Å²) in [5, 5.41) is 10.2. The van der Waals surface area contributed by atoms with Crippen molar-refractivity contribution in [3.8, 4) is 10.6 Å². The Morgan fingerprint density at radius 3 is 2.83 bits per heavy atom. The summed E-state index contributed by atoms with van der Waals surface area (Å²) in [6.07, 6.45) is 5.89. The van der Waals surface area contributed by atoms with E-state index in [0.717, 1.165) is 44.7 Å². The standard InChI is InChI=1S/C30H22F2N6O2S/c1-2-40-30(39)25(32)13-23-15-33-29(41-23)19-6-8-26-24(12-19)28(35-17-34-26)37-22-7-9-27-20(11-22)14-36-38(27)16-18-4-3-5-21(31)10-18/h3-15,17H,2,16H2,1H3,(H,34,35,37)/b25-13-. The van der Waals surface area contributed by atoms with Crippen molar-refractivity contribution in [1.82, 2.24) is 24.7 Å². The molecular weight excluding hydrogens is 546 g/mol. The molecule has 0 bridgehead atoms. The molecule has 0 aliphatic rings. The molecule has 0 aliphatic heterocycles. The van der Waals surface area contributed by atoms with Crippen LogP contribution in [0.5, 0.6) is 0 Å². The molecule has 41 heavy (non-hydrogen) atoms. The average molecular weight is 569 g/mol. The van der Waals surface area contributed by atoms with Crippen molar-refractivity contribution < 1.29 is 18.3 Å². The fraction of sp³-hybridized carbons (Fsp3) is 0.100. The van der Waals surface area contributed by atoms with E-state index in [1.807, 2.05) is 47.1 Å². The number of hydrogen-bond acceptors (Lipinski definition) is 8. The van der Waals surface area contributed by atoms with Crippen LogP contribution in [-0.2, 0) is 16.1 Å². The number of ether oxygens (including phenoxy) is 1. The van der Waals surface area contributed by atoms with Crippen LogP contribution in [0.2, 0.25) is 0 Å².